The summed E-state index contributed by atoms with van der Waals surface area (Å²) in [7, 11) is 0. The number of H-pyrrole nitrogens is 1. The third kappa shape index (κ3) is 3.61. The third-order valence-electron chi connectivity index (χ3n) is 5.36. The molecule has 1 amide bonds. The molecule has 4 aromatic rings. The Balaban J connectivity index is 1.22. The maximum atomic E-state index is 12.6. The molecule has 1 fully saturated rings. The van der Waals surface area contributed by atoms with Crippen LogP contribution in [0.25, 0.3) is 21.5 Å². The van der Waals surface area contributed by atoms with Crippen molar-refractivity contribution < 1.29 is 9.21 Å². The fourth-order valence-corrected chi connectivity index (χ4v) is 4.45. The molecule has 0 saturated carbocycles. The van der Waals surface area contributed by atoms with E-state index in [1.807, 2.05) is 11.4 Å². The number of rotatable bonds is 4. The lowest BCUT2D eigenvalue weighted by atomic mass is 10.0. The number of aromatic amines is 1. The van der Waals surface area contributed by atoms with Gasteiger partial charge in [0.1, 0.15) is 5.58 Å². The van der Waals surface area contributed by atoms with Crippen molar-refractivity contribution >= 4 is 34.0 Å². The van der Waals surface area contributed by atoms with E-state index >= 15 is 0 Å². The number of carbonyl (C=O) groups is 1. The molecule has 0 radical (unpaired) electrons. The van der Waals surface area contributed by atoms with E-state index in [0.29, 0.717) is 11.0 Å². The van der Waals surface area contributed by atoms with Gasteiger partial charge in [0.2, 0.25) is 0 Å². The lowest BCUT2D eigenvalue weighted by molar-refractivity contribution is 0.0903. The number of hydrogen-bond acceptors (Lipinski definition) is 6. The smallest absolute Gasteiger partial charge is 0.287 e. The summed E-state index contributed by atoms with van der Waals surface area (Å²) >= 11 is 1.67. The predicted octanol–water partition coefficient (Wildman–Crippen LogP) is 3.64. The maximum absolute atomic E-state index is 12.6. The first-order valence-corrected chi connectivity index (χ1v) is 10.7. The van der Waals surface area contributed by atoms with Crippen LogP contribution < -0.4 is 15.6 Å². The van der Waals surface area contributed by atoms with Gasteiger partial charge in [-0.15, -0.1) is 11.3 Å². The Kier molecular flexibility index (Phi) is 4.84. The van der Waals surface area contributed by atoms with Gasteiger partial charge in [0, 0.05) is 31.3 Å². The lowest BCUT2D eigenvalue weighted by Gasteiger charge is -2.32. The maximum Gasteiger partial charge on any atom is 0.287 e. The van der Waals surface area contributed by atoms with Crippen molar-refractivity contribution in [3.8, 4) is 10.6 Å². The Bertz CT molecular complexity index is 1240. The number of anilines is 1. The molecule has 1 aliphatic rings. The molecule has 152 valence electrons. The highest BCUT2D eigenvalue weighted by Crippen LogP contribution is 2.27. The van der Waals surface area contributed by atoms with Crippen molar-refractivity contribution in [3.05, 3.63) is 69.9 Å². The number of benzene rings is 1. The zero-order valence-corrected chi connectivity index (χ0v) is 16.9. The largest absolute Gasteiger partial charge is 0.451 e. The van der Waals surface area contributed by atoms with E-state index in [0.717, 1.165) is 42.3 Å². The first kappa shape index (κ1) is 18.6. The molecule has 3 aromatic heterocycles. The van der Waals surface area contributed by atoms with Crippen LogP contribution in [0.5, 0.6) is 0 Å². The molecule has 1 saturated heterocycles. The van der Waals surface area contributed by atoms with Crippen LogP contribution in [0.3, 0.4) is 0 Å². The highest BCUT2D eigenvalue weighted by Gasteiger charge is 2.24. The van der Waals surface area contributed by atoms with E-state index < -0.39 is 0 Å². The van der Waals surface area contributed by atoms with Gasteiger partial charge in [-0.2, -0.15) is 5.10 Å². The predicted molar refractivity (Wildman–Crippen MR) is 117 cm³/mol. The van der Waals surface area contributed by atoms with Gasteiger partial charge in [0.25, 0.3) is 5.91 Å². The molecule has 1 aliphatic heterocycles. The SMILES string of the molecule is O=C(NC1CCN(c2cc(-c3cccs3)[nH]n2)CC1)c1cc(=O)c2ccccc2o1. The van der Waals surface area contributed by atoms with Gasteiger partial charge in [0.15, 0.2) is 17.0 Å². The van der Waals surface area contributed by atoms with Crippen molar-refractivity contribution in [2.75, 3.05) is 18.0 Å². The Morgan fingerprint density at radius 1 is 1.17 bits per heavy atom. The highest BCUT2D eigenvalue weighted by molar-refractivity contribution is 7.13. The average molecular weight is 420 g/mol. The molecule has 0 unspecified atom stereocenters. The Hall–Kier alpha value is -3.39. The summed E-state index contributed by atoms with van der Waals surface area (Å²) in [5.74, 6) is 0.619. The Labute approximate surface area is 176 Å². The number of para-hydroxylation sites is 1. The fraction of sp³-hybridized carbons (Fsp3) is 0.227. The molecule has 0 atom stereocenters. The summed E-state index contributed by atoms with van der Waals surface area (Å²) in [4.78, 5) is 28.2. The number of carbonyl (C=O) groups excluding carboxylic acids is 1. The zero-order chi connectivity index (χ0) is 20.5. The summed E-state index contributed by atoms with van der Waals surface area (Å²) in [5.41, 5.74) is 1.23. The van der Waals surface area contributed by atoms with E-state index in [1.54, 1.807) is 35.6 Å². The molecule has 4 heterocycles. The molecular formula is C22H20N4O3S. The van der Waals surface area contributed by atoms with Crippen LogP contribution in [0, 0.1) is 0 Å². The number of aromatic nitrogens is 2. The van der Waals surface area contributed by atoms with Gasteiger partial charge in [-0.3, -0.25) is 14.7 Å². The van der Waals surface area contributed by atoms with Crippen LogP contribution in [0.2, 0.25) is 0 Å². The lowest BCUT2D eigenvalue weighted by Crippen LogP contribution is -2.45. The van der Waals surface area contributed by atoms with E-state index in [1.165, 1.54) is 6.07 Å². The minimum Gasteiger partial charge on any atom is -0.451 e. The number of nitrogens with zero attached hydrogens (tertiary/aromatic N) is 2. The van der Waals surface area contributed by atoms with Crippen molar-refractivity contribution in [3.63, 3.8) is 0 Å². The number of thiophene rings is 1. The van der Waals surface area contributed by atoms with Crippen LogP contribution in [-0.2, 0) is 0 Å². The van der Waals surface area contributed by atoms with Gasteiger partial charge in [-0.05, 0) is 36.4 Å². The topological polar surface area (TPSA) is 91.2 Å². The first-order valence-electron chi connectivity index (χ1n) is 9.85. The first-order chi connectivity index (χ1) is 14.7. The van der Waals surface area contributed by atoms with Crippen LogP contribution in [0.4, 0.5) is 5.82 Å². The van der Waals surface area contributed by atoms with Gasteiger partial charge in [-0.25, -0.2) is 0 Å². The molecule has 1 aromatic carbocycles. The number of amides is 1. The van der Waals surface area contributed by atoms with Gasteiger partial charge in [0.05, 0.1) is 16.0 Å². The normalized spacial score (nSPS) is 14.9. The number of nitrogens with one attached hydrogen (secondary N) is 2. The number of piperidine rings is 1. The van der Waals surface area contributed by atoms with Crippen molar-refractivity contribution in [1.82, 2.24) is 15.5 Å². The van der Waals surface area contributed by atoms with Crippen molar-refractivity contribution in [2.45, 2.75) is 18.9 Å². The van der Waals surface area contributed by atoms with Gasteiger partial charge in [-0.1, -0.05) is 18.2 Å². The minimum absolute atomic E-state index is 0.0289. The monoisotopic (exact) mass is 420 g/mol. The van der Waals surface area contributed by atoms with E-state index in [2.05, 4.69) is 32.5 Å². The van der Waals surface area contributed by atoms with Gasteiger partial charge < -0.3 is 14.6 Å². The molecule has 30 heavy (non-hydrogen) atoms. The van der Waals surface area contributed by atoms with E-state index in [-0.39, 0.29) is 23.1 Å². The molecule has 7 nitrogen and oxygen atoms in total. The molecule has 0 bridgehead atoms. The molecule has 2 N–H and O–H groups in total. The highest BCUT2D eigenvalue weighted by atomic mass is 32.1. The Morgan fingerprint density at radius 2 is 2.00 bits per heavy atom. The van der Waals surface area contributed by atoms with Crippen LogP contribution >= 0.6 is 11.3 Å². The third-order valence-corrected chi connectivity index (χ3v) is 6.27. The van der Waals surface area contributed by atoms with Crippen LogP contribution in [0.1, 0.15) is 23.4 Å². The summed E-state index contributed by atoms with van der Waals surface area (Å²) < 4.78 is 5.64. The molecule has 0 spiro atoms. The fourth-order valence-electron chi connectivity index (χ4n) is 3.76. The summed E-state index contributed by atoms with van der Waals surface area (Å²) in [6.07, 6.45) is 1.59. The van der Waals surface area contributed by atoms with Crippen molar-refractivity contribution in [1.29, 1.82) is 0 Å². The van der Waals surface area contributed by atoms with Crippen LogP contribution in [0.15, 0.2) is 63.1 Å². The van der Waals surface area contributed by atoms with Gasteiger partial charge >= 0.3 is 0 Å². The second-order valence-electron chi connectivity index (χ2n) is 7.32. The average Bonchev–Trinajstić information content (AvgIpc) is 3.46. The number of fused-ring (bicyclic) bond motifs is 1. The summed E-state index contributed by atoms with van der Waals surface area (Å²) in [5, 5.41) is 13.1. The van der Waals surface area contributed by atoms with Crippen molar-refractivity contribution in [2.24, 2.45) is 0 Å². The molecule has 0 aliphatic carbocycles. The number of hydrogen-bond donors (Lipinski definition) is 2. The Morgan fingerprint density at radius 3 is 2.80 bits per heavy atom. The quantitative estimate of drug-likeness (QED) is 0.526. The minimum atomic E-state index is -0.351. The standard InChI is InChI=1S/C22H20N4O3S/c27-17-13-19(29-18-5-2-1-4-15(17)18)22(28)23-14-7-9-26(10-8-14)21-12-16(24-25-21)20-6-3-11-30-20/h1-6,11-14H,7-10H2,(H,23,28)(H,24,25). The molecule has 8 heteroatoms. The van der Waals surface area contributed by atoms with Crippen LogP contribution in [-0.4, -0.2) is 35.2 Å². The van der Waals surface area contributed by atoms with E-state index in [9.17, 15) is 9.59 Å². The van der Waals surface area contributed by atoms with E-state index in [4.69, 9.17) is 4.42 Å². The second kappa shape index (κ2) is 7.79. The molecular weight excluding hydrogens is 400 g/mol. The molecule has 5 rings (SSSR count). The second-order valence-corrected chi connectivity index (χ2v) is 8.27. The summed E-state index contributed by atoms with van der Waals surface area (Å²) in [6, 6.07) is 14.4. The zero-order valence-electron chi connectivity index (χ0n) is 16.1. The summed E-state index contributed by atoms with van der Waals surface area (Å²) in [6.45, 7) is 1.59.